The van der Waals surface area contributed by atoms with Crippen molar-refractivity contribution < 1.29 is 4.39 Å². The van der Waals surface area contributed by atoms with Gasteiger partial charge < -0.3 is 5.32 Å². The average molecular weight is 300 g/mol. The van der Waals surface area contributed by atoms with Crippen molar-refractivity contribution in [2.75, 3.05) is 0 Å². The van der Waals surface area contributed by atoms with E-state index in [1.165, 1.54) is 44.6 Å². The van der Waals surface area contributed by atoms with Crippen molar-refractivity contribution in [3.63, 3.8) is 0 Å². The van der Waals surface area contributed by atoms with Crippen LogP contribution in [0.3, 0.4) is 0 Å². The van der Waals surface area contributed by atoms with Crippen LogP contribution in [-0.2, 0) is 6.54 Å². The van der Waals surface area contributed by atoms with Crippen molar-refractivity contribution in [3.05, 3.63) is 34.1 Å². The Morgan fingerprint density at radius 3 is 2.53 bits per heavy atom. The van der Waals surface area contributed by atoms with Crippen LogP contribution >= 0.6 is 15.9 Å². The van der Waals surface area contributed by atoms with Crippen LogP contribution in [0.5, 0.6) is 0 Å². The first kappa shape index (κ1) is 13.0. The Balaban J connectivity index is 1.88. The summed E-state index contributed by atoms with van der Waals surface area (Å²) in [6.07, 6.45) is 7.78. The fraction of sp³-hybridized carbons (Fsp3) is 0.571. The molecule has 2 rings (SSSR count). The quantitative estimate of drug-likeness (QED) is 0.816. The van der Waals surface area contributed by atoms with Gasteiger partial charge in [-0.1, -0.05) is 47.7 Å². The van der Waals surface area contributed by atoms with E-state index in [1.807, 2.05) is 12.1 Å². The summed E-state index contributed by atoms with van der Waals surface area (Å²) in [5.41, 5.74) is 0.762. The van der Waals surface area contributed by atoms with E-state index in [9.17, 15) is 4.39 Å². The van der Waals surface area contributed by atoms with E-state index in [-0.39, 0.29) is 5.82 Å². The molecule has 1 fully saturated rings. The van der Waals surface area contributed by atoms with Crippen LogP contribution in [0, 0.1) is 5.82 Å². The second-order valence-electron chi connectivity index (χ2n) is 4.81. The fourth-order valence-electron chi connectivity index (χ4n) is 2.40. The van der Waals surface area contributed by atoms with Gasteiger partial charge in [0.15, 0.2) is 0 Å². The van der Waals surface area contributed by atoms with Gasteiger partial charge in [-0.15, -0.1) is 0 Å². The molecule has 3 heteroatoms. The van der Waals surface area contributed by atoms with Crippen molar-refractivity contribution >= 4 is 15.9 Å². The van der Waals surface area contributed by atoms with Gasteiger partial charge in [0.1, 0.15) is 5.82 Å². The smallest absolute Gasteiger partial charge is 0.128 e. The van der Waals surface area contributed by atoms with Crippen LogP contribution in [0.2, 0.25) is 0 Å². The molecule has 1 nitrogen and oxygen atoms in total. The van der Waals surface area contributed by atoms with Gasteiger partial charge in [-0.25, -0.2) is 4.39 Å². The summed E-state index contributed by atoms with van der Waals surface area (Å²) in [5, 5.41) is 3.48. The van der Waals surface area contributed by atoms with Gasteiger partial charge in [-0.2, -0.15) is 0 Å². The summed E-state index contributed by atoms with van der Waals surface area (Å²) in [6, 6.07) is 5.85. The Morgan fingerprint density at radius 2 is 1.88 bits per heavy atom. The Morgan fingerprint density at radius 1 is 1.18 bits per heavy atom. The molecule has 0 spiro atoms. The summed E-state index contributed by atoms with van der Waals surface area (Å²) >= 11 is 3.27. The van der Waals surface area contributed by atoms with Crippen molar-refractivity contribution in [2.24, 2.45) is 0 Å². The predicted octanol–water partition coefficient (Wildman–Crippen LogP) is 4.40. The number of nitrogens with one attached hydrogen (secondary N) is 1. The zero-order valence-corrected chi connectivity index (χ0v) is 11.6. The molecule has 1 N–H and O–H groups in total. The highest BCUT2D eigenvalue weighted by molar-refractivity contribution is 9.10. The molecular weight excluding hydrogens is 281 g/mol. The third-order valence-electron chi connectivity index (χ3n) is 3.45. The van der Waals surface area contributed by atoms with Crippen LogP contribution in [-0.4, -0.2) is 6.04 Å². The molecule has 0 radical (unpaired) electrons. The molecule has 0 bridgehead atoms. The van der Waals surface area contributed by atoms with Crippen molar-refractivity contribution in [1.82, 2.24) is 5.32 Å². The first-order chi connectivity index (χ1) is 8.25. The number of halogens is 2. The van der Waals surface area contributed by atoms with Gasteiger partial charge in [0.2, 0.25) is 0 Å². The Hall–Kier alpha value is -0.410. The minimum absolute atomic E-state index is 0.125. The van der Waals surface area contributed by atoms with Crippen molar-refractivity contribution in [1.29, 1.82) is 0 Å². The summed E-state index contributed by atoms with van der Waals surface area (Å²) < 4.78 is 14.4. The summed E-state index contributed by atoms with van der Waals surface area (Å²) in [4.78, 5) is 0. The molecule has 94 valence electrons. The molecule has 0 heterocycles. The molecule has 1 aromatic carbocycles. The van der Waals surface area contributed by atoms with Crippen LogP contribution in [0.4, 0.5) is 4.39 Å². The van der Waals surface area contributed by atoms with Gasteiger partial charge in [-0.05, 0) is 25.0 Å². The third kappa shape index (κ3) is 4.07. The maximum Gasteiger partial charge on any atom is 0.128 e. The number of rotatable bonds is 3. The lowest BCUT2D eigenvalue weighted by Gasteiger charge is -2.16. The normalized spacial score (nSPS) is 18.0. The monoisotopic (exact) mass is 299 g/mol. The van der Waals surface area contributed by atoms with Crippen LogP contribution in [0.1, 0.15) is 44.1 Å². The van der Waals surface area contributed by atoms with E-state index in [1.54, 1.807) is 0 Å². The van der Waals surface area contributed by atoms with E-state index in [0.717, 1.165) is 10.0 Å². The Bertz CT molecular complexity index is 359. The maximum atomic E-state index is 13.6. The maximum absolute atomic E-state index is 13.6. The zero-order valence-electron chi connectivity index (χ0n) is 10.0. The first-order valence-corrected chi connectivity index (χ1v) is 7.22. The topological polar surface area (TPSA) is 12.0 Å². The lowest BCUT2D eigenvalue weighted by atomic mass is 10.1. The molecule has 17 heavy (non-hydrogen) atoms. The standard InChI is InChI=1S/C14H19BrFN/c15-12-8-7-11(14(16)9-12)10-17-13-5-3-1-2-4-6-13/h7-9,13,17H,1-6,10H2. The van der Waals surface area contributed by atoms with Crippen molar-refractivity contribution in [3.8, 4) is 0 Å². The number of hydrogen-bond acceptors (Lipinski definition) is 1. The van der Waals surface area contributed by atoms with Gasteiger partial charge >= 0.3 is 0 Å². The second-order valence-corrected chi connectivity index (χ2v) is 5.72. The van der Waals surface area contributed by atoms with Crippen LogP contribution in [0.15, 0.2) is 22.7 Å². The average Bonchev–Trinajstić information content (AvgIpc) is 2.56. The molecule has 1 aliphatic carbocycles. The highest BCUT2D eigenvalue weighted by atomic mass is 79.9. The molecular formula is C14H19BrFN. The van der Waals surface area contributed by atoms with Crippen LogP contribution < -0.4 is 5.32 Å². The van der Waals surface area contributed by atoms with Crippen LogP contribution in [0.25, 0.3) is 0 Å². The minimum atomic E-state index is -0.125. The third-order valence-corrected chi connectivity index (χ3v) is 3.94. The Labute approximate surface area is 111 Å². The molecule has 0 saturated heterocycles. The molecule has 0 unspecified atom stereocenters. The lowest BCUT2D eigenvalue weighted by Crippen LogP contribution is -2.28. The van der Waals surface area contributed by atoms with Gasteiger partial charge in [0, 0.05) is 22.6 Å². The van der Waals surface area contributed by atoms with Gasteiger partial charge in [0.05, 0.1) is 0 Å². The molecule has 1 saturated carbocycles. The van der Waals surface area contributed by atoms with E-state index < -0.39 is 0 Å². The lowest BCUT2D eigenvalue weighted by molar-refractivity contribution is 0.452. The molecule has 0 amide bonds. The number of hydrogen-bond donors (Lipinski definition) is 1. The predicted molar refractivity (Wildman–Crippen MR) is 72.4 cm³/mol. The van der Waals surface area contributed by atoms with E-state index >= 15 is 0 Å². The molecule has 0 aliphatic heterocycles. The fourth-order valence-corrected chi connectivity index (χ4v) is 2.74. The Kier molecular flexibility index (Phi) is 4.99. The first-order valence-electron chi connectivity index (χ1n) is 6.43. The van der Waals surface area contributed by atoms with E-state index in [2.05, 4.69) is 21.2 Å². The summed E-state index contributed by atoms with van der Waals surface area (Å²) in [5.74, 6) is -0.125. The summed E-state index contributed by atoms with van der Waals surface area (Å²) in [7, 11) is 0. The molecule has 0 atom stereocenters. The second kappa shape index (κ2) is 6.50. The minimum Gasteiger partial charge on any atom is -0.310 e. The van der Waals surface area contributed by atoms with E-state index in [0.29, 0.717) is 12.6 Å². The number of benzene rings is 1. The summed E-state index contributed by atoms with van der Waals surface area (Å²) in [6.45, 7) is 0.643. The highest BCUT2D eigenvalue weighted by Crippen LogP contribution is 2.19. The van der Waals surface area contributed by atoms with E-state index in [4.69, 9.17) is 0 Å². The SMILES string of the molecule is Fc1cc(Br)ccc1CNC1CCCCCC1. The molecule has 1 aliphatic rings. The zero-order chi connectivity index (χ0) is 12.1. The van der Waals surface area contributed by atoms with Gasteiger partial charge in [0.25, 0.3) is 0 Å². The molecule has 0 aromatic heterocycles. The van der Waals surface area contributed by atoms with Gasteiger partial charge in [-0.3, -0.25) is 0 Å². The van der Waals surface area contributed by atoms with Crippen molar-refractivity contribution in [2.45, 2.75) is 51.1 Å². The highest BCUT2D eigenvalue weighted by Gasteiger charge is 2.12. The molecule has 1 aromatic rings. The largest absolute Gasteiger partial charge is 0.310 e.